The van der Waals surface area contributed by atoms with Gasteiger partial charge in [-0.25, -0.2) is 13.1 Å². The van der Waals surface area contributed by atoms with Gasteiger partial charge in [0, 0.05) is 11.4 Å². The van der Waals surface area contributed by atoms with Crippen LogP contribution < -0.4 is 4.72 Å². The summed E-state index contributed by atoms with van der Waals surface area (Å²) in [6.45, 7) is 3.73. The molecule has 0 amide bonds. The zero-order chi connectivity index (χ0) is 11.5. The van der Waals surface area contributed by atoms with E-state index in [2.05, 4.69) is 20.7 Å². The van der Waals surface area contributed by atoms with Gasteiger partial charge in [-0.2, -0.15) is 0 Å². The average molecular weight is 292 g/mol. The predicted octanol–water partition coefficient (Wildman–Crippen LogP) is 2.06. The van der Waals surface area contributed by atoms with E-state index in [0.717, 1.165) is 5.56 Å². The van der Waals surface area contributed by atoms with Gasteiger partial charge in [-0.1, -0.05) is 33.6 Å². The smallest absolute Gasteiger partial charge is 0.208 e. The molecule has 0 saturated heterocycles. The molecule has 1 atom stereocenters. The zero-order valence-electron chi connectivity index (χ0n) is 8.70. The van der Waals surface area contributed by atoms with Crippen LogP contribution >= 0.6 is 15.9 Å². The molecular weight excluding hydrogens is 278 g/mol. The van der Waals surface area contributed by atoms with Crippen molar-refractivity contribution in [3.8, 4) is 0 Å². The van der Waals surface area contributed by atoms with Gasteiger partial charge in [0.15, 0.2) is 0 Å². The van der Waals surface area contributed by atoms with Crippen molar-refractivity contribution in [3.05, 3.63) is 29.8 Å². The Hall–Kier alpha value is -0.390. The molecule has 3 nitrogen and oxygen atoms in total. The van der Waals surface area contributed by atoms with Crippen LogP contribution in [0.5, 0.6) is 0 Å². The maximum Gasteiger partial charge on any atom is 0.240 e. The second-order valence-electron chi connectivity index (χ2n) is 3.49. The van der Waals surface area contributed by atoms with Crippen LogP contribution in [-0.4, -0.2) is 19.8 Å². The average Bonchev–Trinajstić information content (AvgIpc) is 2.17. The van der Waals surface area contributed by atoms with E-state index in [1.165, 1.54) is 0 Å². The van der Waals surface area contributed by atoms with Crippen molar-refractivity contribution in [2.45, 2.75) is 24.8 Å². The highest BCUT2D eigenvalue weighted by Gasteiger charge is 2.15. The van der Waals surface area contributed by atoms with Crippen LogP contribution in [0.1, 0.15) is 12.5 Å². The lowest BCUT2D eigenvalue weighted by molar-refractivity contribution is 0.571. The third-order valence-corrected chi connectivity index (χ3v) is 4.50. The normalized spacial score (nSPS) is 13.8. The van der Waals surface area contributed by atoms with Crippen molar-refractivity contribution in [1.82, 2.24) is 4.72 Å². The van der Waals surface area contributed by atoms with Gasteiger partial charge in [0.05, 0.1) is 4.90 Å². The molecule has 84 valence electrons. The van der Waals surface area contributed by atoms with Crippen molar-refractivity contribution in [1.29, 1.82) is 0 Å². The van der Waals surface area contributed by atoms with Crippen molar-refractivity contribution in [3.63, 3.8) is 0 Å². The Labute approximate surface area is 99.1 Å². The first-order valence-corrected chi connectivity index (χ1v) is 7.21. The zero-order valence-corrected chi connectivity index (χ0v) is 11.1. The van der Waals surface area contributed by atoms with Crippen LogP contribution in [0, 0.1) is 6.92 Å². The lowest BCUT2D eigenvalue weighted by Crippen LogP contribution is -2.33. The number of benzene rings is 1. The van der Waals surface area contributed by atoms with Crippen molar-refractivity contribution in [2.24, 2.45) is 0 Å². The fourth-order valence-corrected chi connectivity index (χ4v) is 2.70. The molecule has 0 heterocycles. The minimum atomic E-state index is -3.37. The van der Waals surface area contributed by atoms with Crippen LogP contribution in [0.2, 0.25) is 0 Å². The Balaban J connectivity index is 2.91. The summed E-state index contributed by atoms with van der Waals surface area (Å²) in [5, 5.41) is 0.595. The molecule has 0 radical (unpaired) electrons. The van der Waals surface area contributed by atoms with Gasteiger partial charge in [-0.05, 0) is 26.0 Å². The molecule has 0 spiro atoms. The van der Waals surface area contributed by atoms with Gasteiger partial charge in [-0.15, -0.1) is 0 Å². The van der Waals surface area contributed by atoms with E-state index in [1.807, 2.05) is 6.92 Å². The second kappa shape index (κ2) is 5.09. The molecule has 5 heteroatoms. The summed E-state index contributed by atoms with van der Waals surface area (Å²) in [4.78, 5) is 0.306. The lowest BCUT2D eigenvalue weighted by Gasteiger charge is -2.11. The Kier molecular flexibility index (Phi) is 4.31. The molecular formula is C10H14BrNO2S. The van der Waals surface area contributed by atoms with Crippen LogP contribution in [0.25, 0.3) is 0 Å². The van der Waals surface area contributed by atoms with E-state index < -0.39 is 10.0 Å². The summed E-state index contributed by atoms with van der Waals surface area (Å²) >= 11 is 3.22. The van der Waals surface area contributed by atoms with Crippen LogP contribution in [0.4, 0.5) is 0 Å². The minimum Gasteiger partial charge on any atom is -0.208 e. The fourth-order valence-electron chi connectivity index (χ4n) is 1.08. The van der Waals surface area contributed by atoms with E-state index in [9.17, 15) is 8.42 Å². The Morgan fingerprint density at radius 2 is 1.87 bits per heavy atom. The van der Waals surface area contributed by atoms with E-state index in [-0.39, 0.29) is 6.04 Å². The number of hydrogen-bond acceptors (Lipinski definition) is 2. The fraction of sp³-hybridized carbons (Fsp3) is 0.400. The molecule has 1 aromatic rings. The first-order chi connectivity index (χ1) is 6.95. The number of rotatable bonds is 4. The number of halogens is 1. The standard InChI is InChI=1S/C10H14BrNO2S/c1-8-3-5-10(6-4-8)15(13,14)12-9(2)7-11/h3-6,9,12H,7H2,1-2H3. The van der Waals surface area contributed by atoms with Crippen LogP contribution in [0.15, 0.2) is 29.2 Å². The van der Waals surface area contributed by atoms with E-state index in [1.54, 1.807) is 31.2 Å². The summed E-state index contributed by atoms with van der Waals surface area (Å²) in [7, 11) is -3.37. The highest BCUT2D eigenvalue weighted by Crippen LogP contribution is 2.10. The molecule has 0 aromatic heterocycles. The first-order valence-electron chi connectivity index (χ1n) is 4.60. The van der Waals surface area contributed by atoms with Crippen LogP contribution in [-0.2, 0) is 10.0 Å². The van der Waals surface area contributed by atoms with Crippen LogP contribution in [0.3, 0.4) is 0 Å². The van der Waals surface area contributed by atoms with Gasteiger partial charge < -0.3 is 0 Å². The highest BCUT2D eigenvalue weighted by atomic mass is 79.9. The van der Waals surface area contributed by atoms with Crippen molar-refractivity contribution in [2.75, 3.05) is 5.33 Å². The summed E-state index contributed by atoms with van der Waals surface area (Å²) in [5.41, 5.74) is 1.04. The summed E-state index contributed by atoms with van der Waals surface area (Å²) in [6.07, 6.45) is 0. The van der Waals surface area contributed by atoms with Crippen molar-refractivity contribution < 1.29 is 8.42 Å². The maximum absolute atomic E-state index is 11.8. The number of aryl methyl sites for hydroxylation is 1. The van der Waals surface area contributed by atoms with Gasteiger partial charge in [0.1, 0.15) is 0 Å². The first kappa shape index (κ1) is 12.7. The SMILES string of the molecule is Cc1ccc(S(=O)(=O)NC(C)CBr)cc1. The predicted molar refractivity (Wildman–Crippen MR) is 64.8 cm³/mol. The molecule has 0 bridgehead atoms. The molecule has 0 saturated carbocycles. The summed E-state index contributed by atoms with van der Waals surface area (Å²) in [5.74, 6) is 0. The van der Waals surface area contributed by atoms with Crippen molar-refractivity contribution >= 4 is 26.0 Å². The lowest BCUT2D eigenvalue weighted by atomic mass is 10.2. The Bertz CT molecular complexity index is 414. The molecule has 1 unspecified atom stereocenters. The summed E-state index contributed by atoms with van der Waals surface area (Å²) in [6, 6.07) is 6.68. The van der Waals surface area contributed by atoms with E-state index in [4.69, 9.17) is 0 Å². The Morgan fingerprint density at radius 3 is 2.33 bits per heavy atom. The third kappa shape index (κ3) is 3.59. The van der Waals surface area contributed by atoms with Gasteiger partial charge in [0.2, 0.25) is 10.0 Å². The van der Waals surface area contributed by atoms with Gasteiger partial charge >= 0.3 is 0 Å². The molecule has 0 aliphatic carbocycles. The Morgan fingerprint density at radius 1 is 1.33 bits per heavy atom. The monoisotopic (exact) mass is 291 g/mol. The topological polar surface area (TPSA) is 46.2 Å². The van der Waals surface area contributed by atoms with E-state index in [0.29, 0.717) is 10.2 Å². The maximum atomic E-state index is 11.8. The number of sulfonamides is 1. The molecule has 0 aliphatic rings. The number of hydrogen-bond donors (Lipinski definition) is 1. The highest BCUT2D eigenvalue weighted by molar-refractivity contribution is 9.09. The molecule has 1 aromatic carbocycles. The second-order valence-corrected chi connectivity index (χ2v) is 5.85. The summed E-state index contributed by atoms with van der Waals surface area (Å²) < 4.78 is 26.1. The van der Waals surface area contributed by atoms with E-state index >= 15 is 0 Å². The third-order valence-electron chi connectivity index (χ3n) is 1.92. The quantitative estimate of drug-likeness (QED) is 0.863. The molecule has 0 fully saturated rings. The van der Waals surface area contributed by atoms with Gasteiger partial charge in [0.25, 0.3) is 0 Å². The number of alkyl halides is 1. The molecule has 15 heavy (non-hydrogen) atoms. The molecule has 0 aliphatic heterocycles. The largest absolute Gasteiger partial charge is 0.240 e. The minimum absolute atomic E-state index is 0.115. The number of nitrogens with one attached hydrogen (secondary N) is 1. The molecule has 1 N–H and O–H groups in total. The molecule has 1 rings (SSSR count). The van der Waals surface area contributed by atoms with Gasteiger partial charge in [-0.3, -0.25) is 0 Å².